The zero-order chi connectivity index (χ0) is 13.9. The summed E-state index contributed by atoms with van der Waals surface area (Å²) in [5.41, 5.74) is 5.99. The molecule has 18 heavy (non-hydrogen) atoms. The first-order valence-electron chi connectivity index (χ1n) is 6.95. The Balaban J connectivity index is 2.45. The van der Waals surface area contributed by atoms with E-state index in [4.69, 9.17) is 5.73 Å². The predicted octanol–water partition coefficient (Wildman–Crippen LogP) is 1.30. The van der Waals surface area contributed by atoms with Gasteiger partial charge in [-0.3, -0.25) is 9.69 Å². The Hall–Kier alpha value is -0.610. The van der Waals surface area contributed by atoms with Crippen molar-refractivity contribution in [3.63, 3.8) is 0 Å². The predicted molar refractivity (Wildman–Crippen MR) is 75.3 cm³/mol. The summed E-state index contributed by atoms with van der Waals surface area (Å²) in [6.45, 7) is 11.0. The van der Waals surface area contributed by atoms with Crippen molar-refractivity contribution in [2.45, 2.75) is 52.6 Å². The summed E-state index contributed by atoms with van der Waals surface area (Å²) in [5.74, 6) is 0.216. The SMILES string of the molecule is CC(N(C)C(=O)CN1CCC(N)CC1)C(C)(C)C. The second-order valence-electron chi connectivity index (χ2n) is 6.66. The van der Waals surface area contributed by atoms with Crippen molar-refractivity contribution in [2.75, 3.05) is 26.7 Å². The minimum Gasteiger partial charge on any atom is -0.341 e. The van der Waals surface area contributed by atoms with Crippen molar-refractivity contribution < 1.29 is 4.79 Å². The number of likely N-dealkylation sites (tertiary alicyclic amines) is 1. The molecule has 1 atom stereocenters. The van der Waals surface area contributed by atoms with Gasteiger partial charge >= 0.3 is 0 Å². The van der Waals surface area contributed by atoms with Crippen molar-refractivity contribution in [1.29, 1.82) is 0 Å². The molecule has 1 unspecified atom stereocenters. The number of piperidine rings is 1. The number of hydrogen-bond acceptors (Lipinski definition) is 3. The van der Waals surface area contributed by atoms with Crippen molar-refractivity contribution in [3.8, 4) is 0 Å². The highest BCUT2D eigenvalue weighted by atomic mass is 16.2. The van der Waals surface area contributed by atoms with Gasteiger partial charge in [0, 0.05) is 32.2 Å². The van der Waals surface area contributed by atoms with Crippen LogP contribution in [0.3, 0.4) is 0 Å². The quantitative estimate of drug-likeness (QED) is 0.827. The number of likely N-dealkylation sites (N-methyl/N-ethyl adjacent to an activating group) is 1. The minimum absolute atomic E-state index is 0.120. The molecule has 4 heteroatoms. The van der Waals surface area contributed by atoms with Crippen molar-refractivity contribution >= 4 is 5.91 Å². The summed E-state index contributed by atoms with van der Waals surface area (Å²) < 4.78 is 0. The molecular weight excluding hydrogens is 226 g/mol. The van der Waals surface area contributed by atoms with Crippen LogP contribution in [0, 0.1) is 5.41 Å². The van der Waals surface area contributed by atoms with E-state index >= 15 is 0 Å². The lowest BCUT2D eigenvalue weighted by Gasteiger charge is -2.37. The Bertz CT molecular complexity index is 277. The molecule has 0 spiro atoms. The maximum absolute atomic E-state index is 12.2. The molecule has 1 amide bonds. The van der Waals surface area contributed by atoms with Gasteiger partial charge in [0.05, 0.1) is 6.54 Å². The smallest absolute Gasteiger partial charge is 0.236 e. The number of nitrogens with two attached hydrogens (primary N) is 1. The van der Waals surface area contributed by atoms with Crippen LogP contribution in [0.1, 0.15) is 40.5 Å². The average Bonchev–Trinajstić information content (AvgIpc) is 2.29. The molecule has 0 radical (unpaired) electrons. The molecule has 0 aromatic rings. The van der Waals surface area contributed by atoms with Gasteiger partial charge in [0.15, 0.2) is 0 Å². The molecule has 2 N–H and O–H groups in total. The van der Waals surface area contributed by atoms with Crippen LogP contribution in [-0.4, -0.2) is 54.5 Å². The summed E-state index contributed by atoms with van der Waals surface area (Å²) >= 11 is 0. The Morgan fingerprint density at radius 1 is 1.39 bits per heavy atom. The van der Waals surface area contributed by atoms with Gasteiger partial charge in [-0.1, -0.05) is 20.8 Å². The maximum atomic E-state index is 12.2. The van der Waals surface area contributed by atoms with Gasteiger partial charge in [-0.25, -0.2) is 0 Å². The molecule has 0 aromatic heterocycles. The third kappa shape index (κ3) is 4.25. The molecule has 106 valence electrons. The van der Waals surface area contributed by atoms with Gasteiger partial charge in [-0.05, 0) is 25.2 Å². The highest BCUT2D eigenvalue weighted by molar-refractivity contribution is 5.78. The van der Waals surface area contributed by atoms with Gasteiger partial charge in [0.2, 0.25) is 5.91 Å². The first-order valence-corrected chi connectivity index (χ1v) is 6.95. The van der Waals surface area contributed by atoms with E-state index in [0.717, 1.165) is 25.9 Å². The lowest BCUT2D eigenvalue weighted by molar-refractivity contribution is -0.135. The van der Waals surface area contributed by atoms with Crippen LogP contribution in [0.25, 0.3) is 0 Å². The standard InChI is InChI=1S/C14H29N3O/c1-11(14(2,3)4)16(5)13(18)10-17-8-6-12(15)7-9-17/h11-12H,6-10,15H2,1-5H3. The molecule has 0 aliphatic carbocycles. The normalized spacial score (nSPS) is 20.8. The Morgan fingerprint density at radius 3 is 2.33 bits per heavy atom. The highest BCUT2D eigenvalue weighted by Gasteiger charge is 2.28. The van der Waals surface area contributed by atoms with Crippen LogP contribution in [0.15, 0.2) is 0 Å². The largest absolute Gasteiger partial charge is 0.341 e. The van der Waals surface area contributed by atoms with Crippen LogP contribution >= 0.6 is 0 Å². The fraction of sp³-hybridized carbons (Fsp3) is 0.929. The minimum atomic E-state index is 0.120. The summed E-state index contributed by atoms with van der Waals surface area (Å²) in [6, 6.07) is 0.569. The maximum Gasteiger partial charge on any atom is 0.236 e. The molecule has 1 heterocycles. The van der Waals surface area contributed by atoms with Crippen LogP contribution in [0.4, 0.5) is 0 Å². The molecule has 0 bridgehead atoms. The van der Waals surface area contributed by atoms with E-state index < -0.39 is 0 Å². The molecule has 4 nitrogen and oxygen atoms in total. The number of carbonyl (C=O) groups excluding carboxylic acids is 1. The Labute approximate surface area is 111 Å². The first-order chi connectivity index (χ1) is 8.21. The van der Waals surface area contributed by atoms with Crippen molar-refractivity contribution in [1.82, 2.24) is 9.80 Å². The molecular formula is C14H29N3O. The number of amides is 1. The fourth-order valence-corrected chi connectivity index (χ4v) is 2.21. The molecule has 1 fully saturated rings. The average molecular weight is 255 g/mol. The van der Waals surface area contributed by atoms with Crippen LogP contribution in [0.5, 0.6) is 0 Å². The number of nitrogens with zero attached hydrogens (tertiary/aromatic N) is 2. The van der Waals surface area contributed by atoms with E-state index in [1.807, 2.05) is 11.9 Å². The fourth-order valence-electron chi connectivity index (χ4n) is 2.21. The van der Waals surface area contributed by atoms with Gasteiger partial charge in [0.1, 0.15) is 0 Å². The topological polar surface area (TPSA) is 49.6 Å². The zero-order valence-electron chi connectivity index (χ0n) is 12.6. The molecule has 1 aliphatic heterocycles. The summed E-state index contributed by atoms with van der Waals surface area (Å²) in [7, 11) is 1.91. The molecule has 1 rings (SSSR count). The number of hydrogen-bond donors (Lipinski definition) is 1. The van der Waals surface area contributed by atoms with Crippen LogP contribution in [0.2, 0.25) is 0 Å². The Morgan fingerprint density at radius 2 is 1.89 bits per heavy atom. The van der Waals surface area contributed by atoms with E-state index in [0.29, 0.717) is 12.6 Å². The number of rotatable bonds is 3. The van der Waals surface area contributed by atoms with E-state index in [1.165, 1.54) is 0 Å². The molecule has 0 saturated carbocycles. The van der Waals surface area contributed by atoms with Crippen LogP contribution in [-0.2, 0) is 4.79 Å². The summed E-state index contributed by atoms with van der Waals surface area (Å²) in [5, 5.41) is 0. The zero-order valence-corrected chi connectivity index (χ0v) is 12.6. The molecule has 0 aromatic carbocycles. The van der Waals surface area contributed by atoms with Gasteiger partial charge in [-0.2, -0.15) is 0 Å². The third-order valence-electron chi connectivity index (χ3n) is 4.22. The van der Waals surface area contributed by atoms with Gasteiger partial charge in [0.25, 0.3) is 0 Å². The van der Waals surface area contributed by atoms with Gasteiger partial charge in [-0.15, -0.1) is 0 Å². The summed E-state index contributed by atoms with van der Waals surface area (Å²) in [4.78, 5) is 16.3. The highest BCUT2D eigenvalue weighted by Crippen LogP contribution is 2.23. The van der Waals surface area contributed by atoms with Crippen LogP contribution < -0.4 is 5.73 Å². The van der Waals surface area contributed by atoms with E-state index in [9.17, 15) is 4.79 Å². The van der Waals surface area contributed by atoms with Crippen molar-refractivity contribution in [2.24, 2.45) is 11.1 Å². The summed E-state index contributed by atoms with van der Waals surface area (Å²) in [6.07, 6.45) is 2.01. The van der Waals surface area contributed by atoms with Gasteiger partial charge < -0.3 is 10.6 Å². The second-order valence-corrected chi connectivity index (χ2v) is 6.66. The third-order valence-corrected chi connectivity index (χ3v) is 4.22. The van der Waals surface area contributed by atoms with E-state index in [2.05, 4.69) is 32.6 Å². The lowest BCUT2D eigenvalue weighted by Crippen LogP contribution is -2.49. The molecule has 1 aliphatic rings. The Kier molecular flexibility index (Phi) is 5.17. The monoisotopic (exact) mass is 255 g/mol. The van der Waals surface area contributed by atoms with Crippen molar-refractivity contribution in [3.05, 3.63) is 0 Å². The first kappa shape index (κ1) is 15.4. The van der Waals surface area contributed by atoms with E-state index in [1.54, 1.807) is 0 Å². The van der Waals surface area contributed by atoms with E-state index in [-0.39, 0.29) is 17.4 Å². The number of carbonyl (C=O) groups is 1. The molecule has 1 saturated heterocycles. The lowest BCUT2D eigenvalue weighted by atomic mass is 9.87. The second kappa shape index (κ2) is 6.02.